The van der Waals surface area contributed by atoms with Crippen LogP contribution in [0.25, 0.3) is 6.08 Å². The maximum Gasteiger partial charge on any atom is 0.272 e. The van der Waals surface area contributed by atoms with Gasteiger partial charge < -0.3 is 20.7 Å². The predicted octanol–water partition coefficient (Wildman–Crippen LogP) is 7.53. The van der Waals surface area contributed by atoms with E-state index in [1.807, 2.05) is 6.07 Å². The molecule has 0 aliphatic rings. The van der Waals surface area contributed by atoms with E-state index in [4.69, 9.17) is 27.9 Å². The van der Waals surface area contributed by atoms with Crippen LogP contribution in [0.1, 0.15) is 22.8 Å². The molecule has 0 spiro atoms. The first-order valence-corrected chi connectivity index (χ1v) is 14.4. The van der Waals surface area contributed by atoms with E-state index in [0.717, 1.165) is 4.90 Å². The van der Waals surface area contributed by atoms with Gasteiger partial charge in [-0.05, 0) is 79.2 Å². The number of nitrogens with one attached hydrogen (secondary N) is 3. The average molecular weight is 621 g/mol. The number of methoxy groups -OCH3 is 1. The Labute approximate surface area is 258 Å². The molecule has 0 bridgehead atoms. The molecule has 1 atom stereocenters. The van der Waals surface area contributed by atoms with Crippen LogP contribution in [0.2, 0.25) is 10.0 Å². The molecule has 42 heavy (non-hydrogen) atoms. The molecule has 0 saturated carbocycles. The second-order valence-electron chi connectivity index (χ2n) is 9.01. The predicted molar refractivity (Wildman–Crippen MR) is 170 cm³/mol. The largest absolute Gasteiger partial charge is 0.497 e. The Balaban J connectivity index is 1.49. The molecule has 214 valence electrons. The number of halogens is 2. The van der Waals surface area contributed by atoms with Crippen LogP contribution in [0.3, 0.4) is 0 Å². The molecule has 0 aliphatic carbocycles. The van der Waals surface area contributed by atoms with Gasteiger partial charge in [-0.2, -0.15) is 0 Å². The van der Waals surface area contributed by atoms with Crippen LogP contribution in [-0.2, 0) is 9.59 Å². The Morgan fingerprint density at radius 3 is 2.36 bits per heavy atom. The number of benzene rings is 4. The minimum absolute atomic E-state index is 0.0442. The minimum Gasteiger partial charge on any atom is -0.497 e. The first kappa shape index (κ1) is 30.7. The number of thioether (sulfide) groups is 1. The molecule has 4 aromatic carbocycles. The van der Waals surface area contributed by atoms with Crippen LogP contribution >= 0.6 is 35.0 Å². The van der Waals surface area contributed by atoms with Gasteiger partial charge in [0.1, 0.15) is 11.4 Å². The number of rotatable bonds is 10. The molecule has 4 aromatic rings. The zero-order valence-corrected chi connectivity index (χ0v) is 25.0. The van der Waals surface area contributed by atoms with Gasteiger partial charge in [-0.15, -0.1) is 11.8 Å². The van der Waals surface area contributed by atoms with Crippen LogP contribution in [0.4, 0.5) is 11.4 Å². The second kappa shape index (κ2) is 14.6. The SMILES string of the molecule is COc1cccc(/C=C(\NC(=O)c2ccccc2)C(=O)Nc2cccc(SC(C)C(=O)Nc3ccc(Cl)cc3Cl)c2)c1. The molecule has 3 amide bonds. The molecule has 0 saturated heterocycles. The fourth-order valence-electron chi connectivity index (χ4n) is 3.77. The van der Waals surface area contributed by atoms with Crippen LogP contribution in [0, 0.1) is 0 Å². The zero-order chi connectivity index (χ0) is 30.1. The highest BCUT2D eigenvalue weighted by molar-refractivity contribution is 8.00. The zero-order valence-electron chi connectivity index (χ0n) is 22.7. The Hall–Kier alpha value is -4.24. The highest BCUT2D eigenvalue weighted by Gasteiger charge is 2.18. The maximum absolute atomic E-state index is 13.4. The summed E-state index contributed by atoms with van der Waals surface area (Å²) in [6.07, 6.45) is 1.57. The van der Waals surface area contributed by atoms with E-state index in [1.54, 1.807) is 111 Å². The van der Waals surface area contributed by atoms with E-state index in [0.29, 0.717) is 38.3 Å². The van der Waals surface area contributed by atoms with Crippen molar-refractivity contribution in [2.75, 3.05) is 17.7 Å². The Kier molecular flexibility index (Phi) is 10.7. The van der Waals surface area contributed by atoms with E-state index in [1.165, 1.54) is 11.8 Å². The summed E-state index contributed by atoms with van der Waals surface area (Å²) in [5.74, 6) is -0.581. The molecule has 0 aliphatic heterocycles. The highest BCUT2D eigenvalue weighted by Crippen LogP contribution is 2.29. The molecular weight excluding hydrogens is 593 g/mol. The topological polar surface area (TPSA) is 96.5 Å². The van der Waals surface area contributed by atoms with Gasteiger partial charge in [0, 0.05) is 21.2 Å². The Morgan fingerprint density at radius 2 is 1.62 bits per heavy atom. The number of ether oxygens (including phenoxy) is 1. The molecule has 0 fully saturated rings. The van der Waals surface area contributed by atoms with Crippen molar-refractivity contribution in [3.8, 4) is 5.75 Å². The standard InChI is InChI=1S/C32H27Cl2N3O4S/c1-20(30(38)36-28-15-14-23(33)18-27(28)34)42-26-13-7-11-24(19-26)35-32(40)29(17-21-8-6-12-25(16-21)41-2)37-31(39)22-9-4-3-5-10-22/h3-20H,1-2H3,(H,35,40)(H,36,38)(H,37,39)/b29-17-. The molecule has 1 unspecified atom stereocenters. The molecule has 0 heterocycles. The van der Waals surface area contributed by atoms with Crippen LogP contribution in [0.5, 0.6) is 5.75 Å². The number of amides is 3. The summed E-state index contributed by atoms with van der Waals surface area (Å²) in [6, 6.07) is 27.7. The van der Waals surface area contributed by atoms with Crippen molar-refractivity contribution in [1.29, 1.82) is 0 Å². The molecule has 4 rings (SSSR count). The third kappa shape index (κ3) is 8.63. The summed E-state index contributed by atoms with van der Waals surface area (Å²) in [5.41, 5.74) is 2.07. The van der Waals surface area contributed by atoms with Crippen molar-refractivity contribution in [3.05, 3.63) is 124 Å². The Bertz CT molecular complexity index is 1630. The number of carbonyl (C=O) groups excluding carboxylic acids is 3. The molecule has 0 radical (unpaired) electrons. The van der Waals surface area contributed by atoms with E-state index in [-0.39, 0.29) is 11.6 Å². The average Bonchev–Trinajstić information content (AvgIpc) is 2.98. The first-order valence-electron chi connectivity index (χ1n) is 12.8. The summed E-state index contributed by atoms with van der Waals surface area (Å²) in [6.45, 7) is 1.77. The van der Waals surface area contributed by atoms with Crippen molar-refractivity contribution < 1.29 is 19.1 Å². The first-order chi connectivity index (χ1) is 20.2. The van der Waals surface area contributed by atoms with Gasteiger partial charge >= 0.3 is 0 Å². The quantitative estimate of drug-likeness (QED) is 0.126. The molecule has 7 nitrogen and oxygen atoms in total. The Morgan fingerprint density at radius 1 is 0.857 bits per heavy atom. The van der Waals surface area contributed by atoms with Gasteiger partial charge in [0.2, 0.25) is 5.91 Å². The molecule has 10 heteroatoms. The molecular formula is C32H27Cl2N3O4S. The number of anilines is 2. The lowest BCUT2D eigenvalue weighted by Gasteiger charge is -2.15. The van der Waals surface area contributed by atoms with Crippen molar-refractivity contribution in [2.45, 2.75) is 17.1 Å². The minimum atomic E-state index is -0.521. The fraction of sp³-hybridized carbons (Fsp3) is 0.0938. The van der Waals surface area contributed by atoms with Gasteiger partial charge in [0.05, 0.1) is 23.1 Å². The van der Waals surface area contributed by atoms with Crippen molar-refractivity contribution >= 4 is 70.1 Å². The number of carbonyl (C=O) groups is 3. The second-order valence-corrected chi connectivity index (χ2v) is 11.3. The number of hydrogen-bond donors (Lipinski definition) is 3. The van der Waals surface area contributed by atoms with E-state index < -0.39 is 17.1 Å². The monoisotopic (exact) mass is 619 g/mol. The van der Waals surface area contributed by atoms with Gasteiger partial charge in [-0.1, -0.05) is 59.6 Å². The summed E-state index contributed by atoms with van der Waals surface area (Å²) in [7, 11) is 1.55. The smallest absolute Gasteiger partial charge is 0.272 e. The van der Waals surface area contributed by atoms with Crippen LogP contribution < -0.4 is 20.7 Å². The van der Waals surface area contributed by atoms with Crippen LogP contribution in [-0.4, -0.2) is 30.1 Å². The lowest BCUT2D eigenvalue weighted by molar-refractivity contribution is -0.115. The fourth-order valence-corrected chi connectivity index (χ4v) is 5.15. The lowest BCUT2D eigenvalue weighted by atomic mass is 10.1. The van der Waals surface area contributed by atoms with Crippen LogP contribution in [0.15, 0.2) is 108 Å². The van der Waals surface area contributed by atoms with Gasteiger partial charge in [-0.3, -0.25) is 14.4 Å². The summed E-state index contributed by atoms with van der Waals surface area (Å²) < 4.78 is 5.29. The van der Waals surface area contributed by atoms with Gasteiger partial charge in [0.15, 0.2) is 0 Å². The molecule has 0 aromatic heterocycles. The third-order valence-corrected chi connectivity index (χ3v) is 7.54. The molecule has 3 N–H and O–H groups in total. The third-order valence-electron chi connectivity index (χ3n) is 5.90. The summed E-state index contributed by atoms with van der Waals surface area (Å²) in [4.78, 5) is 39.9. The van der Waals surface area contributed by atoms with E-state index in [9.17, 15) is 14.4 Å². The van der Waals surface area contributed by atoms with E-state index in [2.05, 4.69) is 16.0 Å². The van der Waals surface area contributed by atoms with Crippen molar-refractivity contribution in [2.24, 2.45) is 0 Å². The summed E-state index contributed by atoms with van der Waals surface area (Å²) in [5, 5.41) is 8.72. The number of hydrogen-bond acceptors (Lipinski definition) is 5. The lowest BCUT2D eigenvalue weighted by Crippen LogP contribution is -2.30. The normalized spacial score (nSPS) is 11.8. The van der Waals surface area contributed by atoms with Crippen molar-refractivity contribution in [1.82, 2.24) is 5.32 Å². The van der Waals surface area contributed by atoms with Crippen molar-refractivity contribution in [3.63, 3.8) is 0 Å². The van der Waals surface area contributed by atoms with Gasteiger partial charge in [-0.25, -0.2) is 0 Å². The van der Waals surface area contributed by atoms with E-state index >= 15 is 0 Å². The summed E-state index contributed by atoms with van der Waals surface area (Å²) >= 11 is 13.4. The highest BCUT2D eigenvalue weighted by atomic mass is 35.5. The van der Waals surface area contributed by atoms with Gasteiger partial charge in [0.25, 0.3) is 11.8 Å². The maximum atomic E-state index is 13.4.